The van der Waals surface area contributed by atoms with Crippen LogP contribution in [0.3, 0.4) is 0 Å². The van der Waals surface area contributed by atoms with Crippen molar-refractivity contribution in [2.45, 2.75) is 44.7 Å². The molecule has 0 radical (unpaired) electrons. The maximum absolute atomic E-state index is 12.1. The van der Waals surface area contributed by atoms with Gasteiger partial charge >= 0.3 is 0 Å². The highest BCUT2D eigenvalue weighted by molar-refractivity contribution is 7.94. The van der Waals surface area contributed by atoms with Crippen molar-refractivity contribution in [1.29, 1.82) is 0 Å². The molecule has 0 fully saturated rings. The lowest BCUT2D eigenvalue weighted by molar-refractivity contribution is 0.256. The van der Waals surface area contributed by atoms with E-state index >= 15 is 0 Å². The summed E-state index contributed by atoms with van der Waals surface area (Å²) in [5.74, 6) is 0. The van der Waals surface area contributed by atoms with Crippen molar-refractivity contribution < 1.29 is 8.42 Å². The third kappa shape index (κ3) is 3.88. The van der Waals surface area contributed by atoms with E-state index in [-0.39, 0.29) is 12.1 Å². The van der Waals surface area contributed by atoms with Crippen LogP contribution in [0.15, 0.2) is 46.8 Å². The largest absolute Gasteiger partial charge is 0.372 e. The van der Waals surface area contributed by atoms with E-state index in [1.165, 1.54) is 5.41 Å². The molecule has 1 rings (SSSR count). The van der Waals surface area contributed by atoms with E-state index in [0.29, 0.717) is 4.90 Å². The first-order chi connectivity index (χ1) is 8.34. The van der Waals surface area contributed by atoms with Crippen LogP contribution in [0.2, 0.25) is 0 Å². The van der Waals surface area contributed by atoms with Crippen LogP contribution >= 0.6 is 0 Å². The molecule has 0 saturated heterocycles. The minimum absolute atomic E-state index is 0.271. The summed E-state index contributed by atoms with van der Waals surface area (Å²) < 4.78 is 24.1. The summed E-state index contributed by atoms with van der Waals surface area (Å²) in [6, 6.07) is 9.01. The molecule has 0 atom stereocenters. The Bertz CT molecular complexity index is 482. The zero-order chi connectivity index (χ0) is 13.8. The summed E-state index contributed by atoms with van der Waals surface area (Å²) in [6.45, 7) is 8.16. The Hall–Kier alpha value is -1.29. The van der Waals surface area contributed by atoms with Gasteiger partial charge in [0.05, 0.1) is 10.3 Å². The van der Waals surface area contributed by atoms with Gasteiger partial charge in [0.15, 0.2) is 0 Å². The molecule has 0 unspecified atom stereocenters. The van der Waals surface area contributed by atoms with Gasteiger partial charge in [-0.25, -0.2) is 8.42 Å². The number of nitrogens with zero attached hydrogens (tertiary/aromatic N) is 1. The molecule has 0 heterocycles. The van der Waals surface area contributed by atoms with Crippen LogP contribution in [0.1, 0.15) is 27.7 Å². The third-order valence-electron chi connectivity index (χ3n) is 2.68. The molecular formula is C14H21NO2S. The Kier molecular flexibility index (Phi) is 4.96. The van der Waals surface area contributed by atoms with Crippen LogP contribution in [0.4, 0.5) is 0 Å². The minimum Gasteiger partial charge on any atom is -0.372 e. The van der Waals surface area contributed by atoms with Crippen LogP contribution in [0, 0.1) is 0 Å². The summed E-state index contributed by atoms with van der Waals surface area (Å²) in [7, 11) is -3.34. The molecule has 0 N–H and O–H groups in total. The van der Waals surface area contributed by atoms with E-state index in [0.717, 1.165) is 0 Å². The molecule has 0 bridgehead atoms. The fourth-order valence-electron chi connectivity index (χ4n) is 1.78. The molecule has 0 amide bonds. The lowest BCUT2D eigenvalue weighted by atomic mass is 10.2. The van der Waals surface area contributed by atoms with Crippen molar-refractivity contribution in [3.05, 3.63) is 41.9 Å². The van der Waals surface area contributed by atoms with Gasteiger partial charge in [-0.1, -0.05) is 18.2 Å². The normalized spacial score (nSPS) is 12.6. The molecule has 18 heavy (non-hydrogen) atoms. The van der Waals surface area contributed by atoms with Crippen molar-refractivity contribution in [2.24, 2.45) is 0 Å². The van der Waals surface area contributed by atoms with E-state index in [2.05, 4.69) is 0 Å². The number of rotatable bonds is 5. The van der Waals surface area contributed by atoms with Crippen molar-refractivity contribution in [3.63, 3.8) is 0 Å². The molecule has 0 saturated carbocycles. The van der Waals surface area contributed by atoms with Gasteiger partial charge in [0.2, 0.25) is 9.84 Å². The van der Waals surface area contributed by atoms with E-state index in [1.807, 2.05) is 32.6 Å². The molecule has 4 heteroatoms. The fourth-order valence-corrected chi connectivity index (χ4v) is 2.77. The molecule has 0 aliphatic heterocycles. The summed E-state index contributed by atoms with van der Waals surface area (Å²) >= 11 is 0. The predicted octanol–water partition coefficient (Wildman–Crippen LogP) is 3.05. The van der Waals surface area contributed by atoms with E-state index in [1.54, 1.807) is 36.5 Å². The second kappa shape index (κ2) is 6.05. The molecule has 100 valence electrons. The average Bonchev–Trinajstić information content (AvgIpc) is 2.29. The standard InChI is InChI=1S/C14H21NO2S/c1-12(2)15(13(3)4)10-11-18(16,17)14-8-6-5-7-9-14/h5-13H,1-4H3/b11-10+. The van der Waals surface area contributed by atoms with Crippen molar-refractivity contribution in [3.8, 4) is 0 Å². The smallest absolute Gasteiger partial charge is 0.201 e. The Morgan fingerprint density at radius 3 is 1.94 bits per heavy atom. The molecule has 1 aromatic rings. The van der Waals surface area contributed by atoms with E-state index in [9.17, 15) is 8.42 Å². The van der Waals surface area contributed by atoms with Gasteiger partial charge in [-0.05, 0) is 39.8 Å². The Labute approximate surface area is 110 Å². The van der Waals surface area contributed by atoms with Crippen LogP contribution in [0.5, 0.6) is 0 Å². The zero-order valence-electron chi connectivity index (χ0n) is 11.4. The highest BCUT2D eigenvalue weighted by Crippen LogP contribution is 2.13. The second-order valence-corrected chi connectivity index (χ2v) is 6.61. The van der Waals surface area contributed by atoms with Crippen LogP contribution in [-0.2, 0) is 9.84 Å². The number of hydrogen-bond acceptors (Lipinski definition) is 3. The lowest BCUT2D eigenvalue weighted by Gasteiger charge is -2.28. The lowest BCUT2D eigenvalue weighted by Crippen LogP contribution is -2.32. The number of sulfone groups is 1. The van der Waals surface area contributed by atoms with Crippen LogP contribution in [-0.4, -0.2) is 25.4 Å². The van der Waals surface area contributed by atoms with Crippen LogP contribution in [0.25, 0.3) is 0 Å². The fraction of sp³-hybridized carbons (Fsp3) is 0.429. The minimum atomic E-state index is -3.34. The molecule has 0 spiro atoms. The topological polar surface area (TPSA) is 37.4 Å². The van der Waals surface area contributed by atoms with Gasteiger partial charge in [0.1, 0.15) is 0 Å². The SMILES string of the molecule is CC(C)N(/C=C/S(=O)(=O)c1ccccc1)C(C)C. The molecule has 0 aromatic heterocycles. The molecular weight excluding hydrogens is 246 g/mol. The monoisotopic (exact) mass is 267 g/mol. The molecule has 1 aromatic carbocycles. The maximum Gasteiger partial charge on any atom is 0.201 e. The average molecular weight is 267 g/mol. The Balaban J connectivity index is 2.96. The maximum atomic E-state index is 12.1. The summed E-state index contributed by atoms with van der Waals surface area (Å²) in [4.78, 5) is 2.34. The summed E-state index contributed by atoms with van der Waals surface area (Å²) in [6.07, 6.45) is 1.66. The Morgan fingerprint density at radius 2 is 1.50 bits per heavy atom. The Morgan fingerprint density at radius 1 is 1.00 bits per heavy atom. The van der Waals surface area contributed by atoms with Crippen molar-refractivity contribution in [1.82, 2.24) is 4.90 Å². The first kappa shape index (κ1) is 14.8. The van der Waals surface area contributed by atoms with Gasteiger partial charge in [-0.3, -0.25) is 0 Å². The molecule has 0 aliphatic carbocycles. The van der Waals surface area contributed by atoms with Crippen molar-refractivity contribution in [2.75, 3.05) is 0 Å². The first-order valence-corrected chi connectivity index (χ1v) is 7.65. The zero-order valence-corrected chi connectivity index (χ0v) is 12.2. The van der Waals surface area contributed by atoms with Gasteiger partial charge in [-0.2, -0.15) is 0 Å². The third-order valence-corrected chi connectivity index (χ3v) is 4.09. The predicted molar refractivity (Wildman–Crippen MR) is 74.9 cm³/mol. The number of hydrogen-bond donors (Lipinski definition) is 0. The quantitative estimate of drug-likeness (QED) is 0.823. The van der Waals surface area contributed by atoms with E-state index < -0.39 is 9.84 Å². The van der Waals surface area contributed by atoms with Gasteiger partial charge in [-0.15, -0.1) is 0 Å². The van der Waals surface area contributed by atoms with Gasteiger partial charge < -0.3 is 4.90 Å². The molecule has 0 aliphatic rings. The summed E-state index contributed by atoms with van der Waals surface area (Å²) in [5, 5.41) is 1.28. The van der Waals surface area contributed by atoms with Crippen LogP contribution < -0.4 is 0 Å². The highest BCUT2D eigenvalue weighted by Gasteiger charge is 2.12. The highest BCUT2D eigenvalue weighted by atomic mass is 32.2. The van der Waals surface area contributed by atoms with Crippen molar-refractivity contribution >= 4 is 9.84 Å². The second-order valence-electron chi connectivity index (χ2n) is 4.78. The molecule has 3 nitrogen and oxygen atoms in total. The summed E-state index contributed by atoms with van der Waals surface area (Å²) in [5.41, 5.74) is 0. The van der Waals surface area contributed by atoms with E-state index in [4.69, 9.17) is 0 Å². The first-order valence-electron chi connectivity index (χ1n) is 6.10. The van der Waals surface area contributed by atoms with Gasteiger partial charge in [0, 0.05) is 18.3 Å². The van der Waals surface area contributed by atoms with Gasteiger partial charge in [0.25, 0.3) is 0 Å². The number of benzene rings is 1.